The van der Waals surface area contributed by atoms with Gasteiger partial charge in [0.05, 0.1) is 12.2 Å². The first kappa shape index (κ1) is 28.8. The van der Waals surface area contributed by atoms with Crippen molar-refractivity contribution < 1.29 is 10.2 Å². The maximum atomic E-state index is 9.72. The van der Waals surface area contributed by atoms with E-state index in [-0.39, 0.29) is 35.1 Å². The highest BCUT2D eigenvalue weighted by molar-refractivity contribution is 5.19. The Labute approximate surface area is 219 Å². The number of hydrogen-bond donors (Lipinski definition) is 4. The predicted octanol–water partition coefficient (Wildman–Crippen LogP) is 5.78. The fourth-order valence-corrected chi connectivity index (χ4v) is 6.58. The Morgan fingerprint density at radius 1 is 0.639 bits per heavy atom. The summed E-state index contributed by atoms with van der Waals surface area (Å²) in [5, 5.41) is 19.4. The van der Waals surface area contributed by atoms with Crippen LogP contribution in [0.3, 0.4) is 0 Å². The number of rotatable bonds is 8. The van der Waals surface area contributed by atoms with E-state index >= 15 is 0 Å². The largest absolute Gasteiger partial charge is 0.393 e. The van der Waals surface area contributed by atoms with Crippen LogP contribution in [0.4, 0.5) is 0 Å². The Bertz CT molecular complexity index is 783. The summed E-state index contributed by atoms with van der Waals surface area (Å²) in [6, 6.07) is 21.7. The van der Waals surface area contributed by atoms with Crippen molar-refractivity contribution in [2.24, 2.45) is 22.3 Å². The SMILES string of the molecule is CCC(N)C1(Cc2ccccc2)CCC(O)CC1.CCC(N)C1(Cc2ccccc2)CCC(O)CC1. The minimum absolute atomic E-state index is 0.113. The Morgan fingerprint density at radius 3 is 1.22 bits per heavy atom. The second-order valence-electron chi connectivity index (χ2n) is 11.5. The molecule has 0 heterocycles. The van der Waals surface area contributed by atoms with Gasteiger partial charge in [-0.3, -0.25) is 0 Å². The topological polar surface area (TPSA) is 92.5 Å². The minimum Gasteiger partial charge on any atom is -0.393 e. The Balaban J connectivity index is 0.000000201. The first-order valence-electron chi connectivity index (χ1n) is 14.3. The van der Waals surface area contributed by atoms with Gasteiger partial charge in [0.2, 0.25) is 0 Å². The summed E-state index contributed by atoms with van der Waals surface area (Å²) >= 11 is 0. The highest BCUT2D eigenvalue weighted by Crippen LogP contribution is 2.43. The summed E-state index contributed by atoms with van der Waals surface area (Å²) in [5.41, 5.74) is 15.9. The summed E-state index contributed by atoms with van der Waals surface area (Å²) in [6.07, 6.45) is 11.7. The van der Waals surface area contributed by atoms with Crippen molar-refractivity contribution in [2.45, 2.75) is 115 Å². The number of aliphatic hydroxyl groups is 2. The highest BCUT2D eigenvalue weighted by atomic mass is 16.3. The lowest BCUT2D eigenvalue weighted by atomic mass is 9.65. The lowest BCUT2D eigenvalue weighted by Crippen LogP contribution is -2.46. The van der Waals surface area contributed by atoms with E-state index in [2.05, 4.69) is 74.5 Å². The van der Waals surface area contributed by atoms with Crippen LogP contribution in [-0.4, -0.2) is 34.5 Å². The summed E-state index contributed by atoms with van der Waals surface area (Å²) < 4.78 is 0. The fraction of sp³-hybridized carbons (Fsp3) is 0.625. The molecule has 2 atom stereocenters. The van der Waals surface area contributed by atoms with E-state index in [1.165, 1.54) is 11.1 Å². The molecule has 2 aromatic carbocycles. The molecule has 2 saturated carbocycles. The van der Waals surface area contributed by atoms with Crippen LogP contribution in [0.25, 0.3) is 0 Å². The molecule has 0 aromatic heterocycles. The molecule has 4 nitrogen and oxygen atoms in total. The maximum absolute atomic E-state index is 9.72. The smallest absolute Gasteiger partial charge is 0.0540 e. The van der Waals surface area contributed by atoms with Crippen LogP contribution < -0.4 is 11.5 Å². The zero-order chi connectivity index (χ0) is 26.0. The van der Waals surface area contributed by atoms with Gasteiger partial charge in [-0.25, -0.2) is 0 Å². The van der Waals surface area contributed by atoms with Gasteiger partial charge in [-0.1, -0.05) is 74.5 Å². The van der Waals surface area contributed by atoms with E-state index in [9.17, 15) is 10.2 Å². The fourth-order valence-electron chi connectivity index (χ4n) is 6.58. The van der Waals surface area contributed by atoms with E-state index in [0.29, 0.717) is 0 Å². The third-order valence-corrected chi connectivity index (χ3v) is 9.15. The summed E-state index contributed by atoms with van der Waals surface area (Å²) in [7, 11) is 0. The van der Waals surface area contributed by atoms with E-state index in [1.807, 2.05) is 0 Å². The number of hydrogen-bond acceptors (Lipinski definition) is 4. The maximum Gasteiger partial charge on any atom is 0.0540 e. The normalized spacial score (nSPS) is 30.1. The zero-order valence-electron chi connectivity index (χ0n) is 22.6. The lowest BCUT2D eigenvalue weighted by Gasteiger charge is -2.43. The van der Waals surface area contributed by atoms with Gasteiger partial charge in [-0.2, -0.15) is 0 Å². The van der Waals surface area contributed by atoms with Crippen molar-refractivity contribution in [3.05, 3.63) is 71.8 Å². The molecule has 36 heavy (non-hydrogen) atoms. The van der Waals surface area contributed by atoms with Crippen LogP contribution in [0, 0.1) is 10.8 Å². The second kappa shape index (κ2) is 13.7. The highest BCUT2D eigenvalue weighted by Gasteiger charge is 2.40. The molecule has 2 unspecified atom stereocenters. The van der Waals surface area contributed by atoms with Crippen molar-refractivity contribution in [1.29, 1.82) is 0 Å². The van der Waals surface area contributed by atoms with E-state index in [1.54, 1.807) is 0 Å². The summed E-state index contributed by atoms with van der Waals surface area (Å²) in [6.45, 7) is 4.34. The van der Waals surface area contributed by atoms with Gasteiger partial charge in [0, 0.05) is 12.1 Å². The van der Waals surface area contributed by atoms with Crippen molar-refractivity contribution in [1.82, 2.24) is 0 Å². The second-order valence-corrected chi connectivity index (χ2v) is 11.5. The molecule has 0 aliphatic heterocycles. The molecule has 2 aromatic rings. The predicted molar refractivity (Wildman–Crippen MR) is 151 cm³/mol. The number of benzene rings is 2. The Kier molecular flexibility index (Phi) is 11.0. The summed E-state index contributed by atoms with van der Waals surface area (Å²) in [5.74, 6) is 0. The molecular formula is C32H50N2O2. The number of aliphatic hydroxyl groups excluding tert-OH is 2. The molecular weight excluding hydrogens is 444 g/mol. The molecule has 0 saturated heterocycles. The van der Waals surface area contributed by atoms with Gasteiger partial charge in [0.15, 0.2) is 0 Å². The molecule has 2 fully saturated rings. The van der Waals surface area contributed by atoms with Crippen molar-refractivity contribution in [3.8, 4) is 0 Å². The van der Waals surface area contributed by atoms with Gasteiger partial charge >= 0.3 is 0 Å². The zero-order valence-corrected chi connectivity index (χ0v) is 22.6. The van der Waals surface area contributed by atoms with Crippen LogP contribution in [0.15, 0.2) is 60.7 Å². The Hall–Kier alpha value is -1.72. The average Bonchev–Trinajstić information content (AvgIpc) is 2.92. The van der Waals surface area contributed by atoms with Crippen LogP contribution in [0.1, 0.15) is 89.2 Å². The van der Waals surface area contributed by atoms with Crippen LogP contribution in [0.2, 0.25) is 0 Å². The summed E-state index contributed by atoms with van der Waals surface area (Å²) in [4.78, 5) is 0. The van der Waals surface area contributed by atoms with Gasteiger partial charge in [-0.15, -0.1) is 0 Å². The molecule has 2 aliphatic carbocycles. The molecule has 4 rings (SSSR count). The third-order valence-electron chi connectivity index (χ3n) is 9.15. The first-order valence-corrected chi connectivity index (χ1v) is 14.3. The third kappa shape index (κ3) is 7.64. The molecule has 0 amide bonds. The molecule has 0 radical (unpaired) electrons. The molecule has 200 valence electrons. The van der Waals surface area contributed by atoms with Crippen molar-refractivity contribution in [2.75, 3.05) is 0 Å². The van der Waals surface area contributed by atoms with Gasteiger partial charge in [0.1, 0.15) is 0 Å². The number of nitrogens with two attached hydrogens (primary N) is 2. The monoisotopic (exact) mass is 494 g/mol. The van der Waals surface area contributed by atoms with E-state index in [0.717, 1.165) is 77.0 Å². The quantitative estimate of drug-likeness (QED) is 0.374. The Morgan fingerprint density at radius 2 is 0.944 bits per heavy atom. The lowest BCUT2D eigenvalue weighted by molar-refractivity contribution is 0.0459. The van der Waals surface area contributed by atoms with Gasteiger partial charge in [-0.05, 0) is 99.0 Å². The van der Waals surface area contributed by atoms with Gasteiger partial charge < -0.3 is 21.7 Å². The molecule has 0 spiro atoms. The van der Waals surface area contributed by atoms with E-state index in [4.69, 9.17) is 11.5 Å². The molecule has 2 aliphatic rings. The molecule has 6 N–H and O–H groups in total. The molecule has 4 heteroatoms. The van der Waals surface area contributed by atoms with Crippen molar-refractivity contribution >= 4 is 0 Å². The standard InChI is InChI=1S/2C16H25NO/c2*1-2-15(17)16(10-8-14(18)9-11-16)12-13-6-4-3-5-7-13/h2*3-7,14-15,18H,2,8-12,17H2,1H3. The van der Waals surface area contributed by atoms with Crippen LogP contribution in [0.5, 0.6) is 0 Å². The minimum atomic E-state index is -0.113. The van der Waals surface area contributed by atoms with E-state index < -0.39 is 0 Å². The van der Waals surface area contributed by atoms with Crippen molar-refractivity contribution in [3.63, 3.8) is 0 Å². The van der Waals surface area contributed by atoms with Gasteiger partial charge in [0.25, 0.3) is 0 Å². The van der Waals surface area contributed by atoms with Crippen LogP contribution in [-0.2, 0) is 12.8 Å². The van der Waals surface area contributed by atoms with Crippen LogP contribution >= 0.6 is 0 Å². The molecule has 0 bridgehead atoms. The average molecular weight is 495 g/mol. The first-order chi connectivity index (χ1) is 17.3.